The number of rotatable bonds is 15. The molecular formula is C97H61N17. The maximum atomic E-state index is 12.9. The summed E-state index contributed by atoms with van der Waals surface area (Å²) in [6, 6.07) is 114. The Balaban J connectivity index is 0.897. The van der Waals surface area contributed by atoms with Gasteiger partial charge in [0.05, 0.1) is 39.1 Å². The van der Waals surface area contributed by atoms with Crippen molar-refractivity contribution in [3.8, 4) is 165 Å². The number of hydrogen-bond donors (Lipinski definition) is 0. The molecule has 0 amide bonds. The van der Waals surface area contributed by atoms with Gasteiger partial charge in [0.25, 0.3) is 0 Å². The van der Waals surface area contributed by atoms with Crippen LogP contribution >= 0.6 is 0 Å². The number of fused-ring (bicyclic) bond motifs is 6. The Kier molecular flexibility index (Phi) is 16.9. The minimum atomic E-state index is 0.317. The lowest BCUT2D eigenvalue weighted by Gasteiger charge is -2.19. The number of benzene rings is 13. The molecule has 0 N–H and O–H groups in total. The van der Waals surface area contributed by atoms with E-state index in [4.69, 9.17) is 69.8 Å². The van der Waals surface area contributed by atoms with Crippen LogP contribution in [0.15, 0.2) is 334 Å². The Hall–Kier alpha value is -15.9. The topological polar surface area (TPSA) is 214 Å². The molecule has 0 fully saturated rings. The van der Waals surface area contributed by atoms with Crippen LogP contribution in [-0.4, -0.2) is 78.9 Å². The van der Waals surface area contributed by atoms with Crippen molar-refractivity contribution in [3.05, 3.63) is 351 Å². The number of aromatic nitrogens is 16. The van der Waals surface area contributed by atoms with Crippen LogP contribution < -0.4 is 0 Å². The van der Waals surface area contributed by atoms with Gasteiger partial charge in [-0.3, -0.25) is 0 Å². The Bertz CT molecular complexity index is 6150. The first-order valence-electron chi connectivity index (χ1n) is 37.3. The van der Waals surface area contributed by atoms with E-state index in [1.807, 2.05) is 263 Å². The Labute approximate surface area is 653 Å². The van der Waals surface area contributed by atoms with E-state index in [2.05, 4.69) is 100 Å². The van der Waals surface area contributed by atoms with E-state index in [9.17, 15) is 5.26 Å². The third-order valence-electron chi connectivity index (χ3n) is 20.3. The van der Waals surface area contributed by atoms with Gasteiger partial charge in [-0.05, 0) is 56.3 Å². The molecule has 0 aliphatic carbocycles. The fourth-order valence-electron chi connectivity index (χ4n) is 15.0. The van der Waals surface area contributed by atoms with E-state index in [1.165, 1.54) is 0 Å². The predicted molar refractivity (Wildman–Crippen MR) is 449 cm³/mol. The van der Waals surface area contributed by atoms with Gasteiger partial charge in [0, 0.05) is 99.6 Å². The summed E-state index contributed by atoms with van der Waals surface area (Å²) in [5, 5.41) is 16.4. The summed E-state index contributed by atoms with van der Waals surface area (Å²) in [5.41, 5.74) is 15.9. The first-order valence-corrected chi connectivity index (χ1v) is 37.3. The molecule has 0 bridgehead atoms. The normalized spacial score (nSPS) is 11.4. The highest BCUT2D eigenvalue weighted by atomic mass is 15.1. The average molecular weight is 1460 g/mol. The number of nitrogens with zero attached hydrogens (tertiary/aromatic N) is 17. The standard InChI is InChI=1S/C97H61N17/c1-59-51-79(100-60(2)99-59)73-56-84(113-80-52-69(94-105-86(61-27-11-3-12-28-61)101-87(106-94)62-29-13-4-14-30-62)43-47-74(80)75-48-44-70(53-81(75)113)95-107-88(63-31-15-5-16-32-63)102-89(108-95)64-33-17-6-18-34-64)78(58-98)85(57-73)114-82-54-71(96-109-90(65-35-19-7-20-36-65)103-91(110-96)66-37-21-8-22-38-66)45-49-76(82)77-50-46-72(55-83(77)114)97-111-92(67-39-23-9-24-40-67)104-93(112-97)68-41-25-10-26-42-68/h3-57H,1-2H3. The highest BCUT2D eigenvalue weighted by molar-refractivity contribution is 6.13. The zero-order valence-corrected chi connectivity index (χ0v) is 61.4. The van der Waals surface area contributed by atoms with Crippen LogP contribution in [0, 0.1) is 25.2 Å². The molecule has 0 spiro atoms. The van der Waals surface area contributed by atoms with Crippen LogP contribution in [0.2, 0.25) is 0 Å². The minimum absolute atomic E-state index is 0.317. The van der Waals surface area contributed by atoms with E-state index in [1.54, 1.807) is 0 Å². The summed E-state index contributed by atoms with van der Waals surface area (Å²) in [5.74, 6) is 6.45. The lowest BCUT2D eigenvalue weighted by molar-refractivity contribution is 1.01. The first kappa shape index (κ1) is 67.4. The van der Waals surface area contributed by atoms with Crippen LogP contribution in [0.3, 0.4) is 0 Å². The third kappa shape index (κ3) is 12.6. The average Bonchev–Trinajstić information content (AvgIpc) is 1.55. The summed E-state index contributed by atoms with van der Waals surface area (Å²) in [6.45, 7) is 3.87. The molecule has 0 saturated carbocycles. The van der Waals surface area contributed by atoms with E-state index in [-0.39, 0.29) is 0 Å². The predicted octanol–water partition coefficient (Wildman–Crippen LogP) is 21.6. The van der Waals surface area contributed by atoms with Crippen molar-refractivity contribution >= 4 is 43.6 Å². The second kappa shape index (κ2) is 28.6. The monoisotopic (exact) mass is 1460 g/mol. The zero-order chi connectivity index (χ0) is 76.2. The van der Waals surface area contributed by atoms with Gasteiger partial charge >= 0.3 is 0 Å². The first-order chi connectivity index (χ1) is 56.2. The second-order valence-electron chi connectivity index (χ2n) is 27.7. The number of nitriles is 1. The van der Waals surface area contributed by atoms with Crippen LogP contribution in [0.4, 0.5) is 0 Å². The SMILES string of the molecule is Cc1cc(-c2cc(-n3c4cc(-c5nc(-c6ccccc6)nc(-c6ccccc6)n5)ccc4c4ccc(-c5nc(-c6ccccc6)nc(-c6ccccc6)n5)cc43)c(C#N)c(-n3c4cc(-c5nc(-c6ccccc6)nc(-c6ccccc6)n5)ccc4c4ccc(-c5nc(-c6ccccc6)nc(-c6ccccc6)n5)cc43)c2)nc(C)n1. The molecule has 534 valence electrons. The van der Waals surface area contributed by atoms with Crippen molar-refractivity contribution in [2.24, 2.45) is 0 Å². The van der Waals surface area contributed by atoms with E-state index in [0.29, 0.717) is 126 Å². The molecule has 0 aliphatic heterocycles. The maximum absolute atomic E-state index is 12.9. The molecule has 7 aromatic heterocycles. The van der Waals surface area contributed by atoms with Crippen LogP contribution in [-0.2, 0) is 0 Å². The molecular weight excluding hydrogens is 1400 g/mol. The van der Waals surface area contributed by atoms with E-state index < -0.39 is 0 Å². The third-order valence-corrected chi connectivity index (χ3v) is 20.3. The summed E-state index contributed by atoms with van der Waals surface area (Å²) < 4.78 is 4.37. The van der Waals surface area contributed by atoms with Crippen LogP contribution in [0.25, 0.3) is 203 Å². The number of hydrogen-bond acceptors (Lipinski definition) is 15. The molecule has 0 aliphatic rings. The quantitative estimate of drug-likeness (QED) is 0.0933. The van der Waals surface area contributed by atoms with Gasteiger partial charge in [0.1, 0.15) is 17.5 Å². The fraction of sp³-hybridized carbons (Fsp3) is 0.0206. The lowest BCUT2D eigenvalue weighted by Crippen LogP contribution is -2.07. The van der Waals surface area contributed by atoms with Gasteiger partial charge in [-0.15, -0.1) is 0 Å². The molecule has 0 unspecified atom stereocenters. The van der Waals surface area contributed by atoms with Crippen LogP contribution in [0.1, 0.15) is 17.1 Å². The molecule has 20 aromatic rings. The van der Waals surface area contributed by atoms with Gasteiger partial charge in [0.2, 0.25) is 0 Å². The summed E-state index contributed by atoms with van der Waals surface area (Å²) >= 11 is 0. The van der Waals surface area contributed by atoms with Crippen molar-refractivity contribution in [2.45, 2.75) is 13.8 Å². The molecule has 20 rings (SSSR count). The highest BCUT2D eigenvalue weighted by Crippen LogP contribution is 2.44. The van der Waals surface area contributed by atoms with E-state index >= 15 is 0 Å². The smallest absolute Gasteiger partial charge is 0.164 e. The Morgan fingerprint density at radius 1 is 0.211 bits per heavy atom. The highest BCUT2D eigenvalue weighted by Gasteiger charge is 2.28. The Morgan fingerprint density at radius 2 is 0.421 bits per heavy atom. The van der Waals surface area contributed by atoms with Gasteiger partial charge in [-0.2, -0.15) is 5.26 Å². The van der Waals surface area contributed by atoms with Gasteiger partial charge < -0.3 is 9.13 Å². The molecule has 13 aromatic carbocycles. The van der Waals surface area contributed by atoms with Gasteiger partial charge in [-0.1, -0.05) is 291 Å². The van der Waals surface area contributed by atoms with Crippen molar-refractivity contribution in [1.29, 1.82) is 5.26 Å². The molecule has 0 saturated heterocycles. The summed E-state index contributed by atoms with van der Waals surface area (Å²) in [7, 11) is 0. The maximum Gasteiger partial charge on any atom is 0.164 e. The van der Waals surface area contributed by atoms with E-state index in [0.717, 1.165) is 93.8 Å². The van der Waals surface area contributed by atoms with Crippen molar-refractivity contribution in [1.82, 2.24) is 78.9 Å². The second-order valence-corrected chi connectivity index (χ2v) is 27.7. The Morgan fingerprint density at radius 3 is 0.623 bits per heavy atom. The molecule has 0 atom stereocenters. The molecule has 114 heavy (non-hydrogen) atoms. The van der Waals surface area contributed by atoms with Crippen molar-refractivity contribution in [2.75, 3.05) is 0 Å². The molecule has 17 nitrogen and oxygen atoms in total. The van der Waals surface area contributed by atoms with Crippen molar-refractivity contribution in [3.63, 3.8) is 0 Å². The summed E-state index contributed by atoms with van der Waals surface area (Å²) in [6.07, 6.45) is 0. The number of aryl methyl sites for hydroxylation is 2. The minimum Gasteiger partial charge on any atom is -0.308 e. The molecule has 0 radical (unpaired) electrons. The van der Waals surface area contributed by atoms with Gasteiger partial charge in [0.15, 0.2) is 69.9 Å². The summed E-state index contributed by atoms with van der Waals surface area (Å²) in [4.78, 5) is 72.7. The lowest BCUT2D eigenvalue weighted by atomic mass is 10.0. The molecule has 17 heteroatoms. The largest absolute Gasteiger partial charge is 0.308 e. The van der Waals surface area contributed by atoms with Crippen LogP contribution in [0.5, 0.6) is 0 Å². The zero-order valence-electron chi connectivity index (χ0n) is 61.4. The van der Waals surface area contributed by atoms with Crippen molar-refractivity contribution < 1.29 is 0 Å². The molecule has 7 heterocycles. The van der Waals surface area contributed by atoms with Gasteiger partial charge in [-0.25, -0.2) is 69.8 Å². The fourth-order valence-corrected chi connectivity index (χ4v) is 15.0.